The highest BCUT2D eigenvalue weighted by Crippen LogP contribution is 2.21. The van der Waals surface area contributed by atoms with Gasteiger partial charge in [0.25, 0.3) is 0 Å². The third-order valence-corrected chi connectivity index (χ3v) is 3.14. The smallest absolute Gasteiger partial charge is 0.0705 e. The van der Waals surface area contributed by atoms with Crippen LogP contribution in [0.5, 0.6) is 0 Å². The first-order valence-electron chi connectivity index (χ1n) is 6.32. The van der Waals surface area contributed by atoms with Gasteiger partial charge in [-0.2, -0.15) is 0 Å². The molecule has 0 saturated heterocycles. The predicted molar refractivity (Wildman–Crippen MR) is 74.5 cm³/mol. The lowest BCUT2D eigenvalue weighted by Crippen LogP contribution is -2.11. The second-order valence-corrected chi connectivity index (χ2v) is 4.65. The highest BCUT2D eigenvalue weighted by molar-refractivity contribution is 5.79. The number of rotatable bonds is 5. The fraction of sp³-hybridized carbons (Fsp3) is 0.400. The minimum atomic E-state index is 0.0749. The summed E-state index contributed by atoms with van der Waals surface area (Å²) in [5.74, 6) is 0. The van der Waals surface area contributed by atoms with Crippen LogP contribution in [-0.2, 0) is 4.74 Å². The number of nitrogens with two attached hydrogens (primary N) is 1. The third-order valence-electron chi connectivity index (χ3n) is 3.14. The molecule has 1 aromatic carbocycles. The lowest BCUT2D eigenvalue weighted by molar-refractivity contribution is 0.190. The molecule has 3 heteroatoms. The zero-order chi connectivity index (χ0) is 13.0. The summed E-state index contributed by atoms with van der Waals surface area (Å²) < 4.78 is 5.05. The highest BCUT2D eigenvalue weighted by atomic mass is 16.5. The molecule has 1 heterocycles. The van der Waals surface area contributed by atoms with E-state index >= 15 is 0 Å². The molecule has 2 aromatic rings. The van der Waals surface area contributed by atoms with Crippen LogP contribution < -0.4 is 5.73 Å². The Hall–Kier alpha value is -1.45. The molecule has 0 aliphatic rings. The second kappa shape index (κ2) is 5.94. The van der Waals surface area contributed by atoms with Crippen LogP contribution in [-0.4, -0.2) is 18.7 Å². The molecule has 0 amide bonds. The van der Waals surface area contributed by atoms with Crippen molar-refractivity contribution in [1.29, 1.82) is 0 Å². The van der Waals surface area contributed by atoms with Crippen LogP contribution in [0.3, 0.4) is 0 Å². The number of nitrogens with zero attached hydrogens (tertiary/aromatic N) is 1. The lowest BCUT2D eigenvalue weighted by atomic mass is 10.0. The monoisotopic (exact) mass is 244 g/mol. The van der Waals surface area contributed by atoms with Crippen molar-refractivity contribution in [3.05, 3.63) is 41.6 Å². The van der Waals surface area contributed by atoms with E-state index in [-0.39, 0.29) is 6.04 Å². The molecule has 1 atom stereocenters. The van der Waals surface area contributed by atoms with Gasteiger partial charge in [-0.1, -0.05) is 12.1 Å². The van der Waals surface area contributed by atoms with Gasteiger partial charge in [0.2, 0.25) is 0 Å². The fourth-order valence-corrected chi connectivity index (χ4v) is 2.09. The molecular weight excluding hydrogens is 224 g/mol. The Labute approximate surface area is 108 Å². The SMILES string of the molecule is COCCCC(N)c1ccc2nc(C)ccc2c1. The quantitative estimate of drug-likeness (QED) is 0.823. The highest BCUT2D eigenvalue weighted by Gasteiger charge is 2.07. The Morgan fingerprint density at radius 1 is 1.28 bits per heavy atom. The third kappa shape index (κ3) is 3.06. The molecule has 0 spiro atoms. The second-order valence-electron chi connectivity index (χ2n) is 4.65. The summed E-state index contributed by atoms with van der Waals surface area (Å²) in [6, 6.07) is 10.5. The largest absolute Gasteiger partial charge is 0.385 e. The molecule has 0 saturated carbocycles. The molecule has 2 N–H and O–H groups in total. The molecule has 96 valence electrons. The molecule has 0 aliphatic heterocycles. The maximum absolute atomic E-state index is 6.18. The van der Waals surface area contributed by atoms with Crippen LogP contribution in [0.1, 0.15) is 30.1 Å². The Balaban J connectivity index is 2.16. The Kier molecular flexibility index (Phi) is 4.28. The van der Waals surface area contributed by atoms with E-state index in [1.54, 1.807) is 7.11 Å². The summed E-state index contributed by atoms with van der Waals surface area (Å²) in [5, 5.41) is 1.15. The first-order valence-corrected chi connectivity index (χ1v) is 6.32. The number of fused-ring (bicyclic) bond motifs is 1. The van der Waals surface area contributed by atoms with Crippen molar-refractivity contribution in [2.24, 2.45) is 5.73 Å². The molecular formula is C15H20N2O. The zero-order valence-corrected chi connectivity index (χ0v) is 11.0. The van der Waals surface area contributed by atoms with Crippen molar-refractivity contribution in [1.82, 2.24) is 4.98 Å². The first kappa shape index (κ1) is 13.0. The summed E-state index contributed by atoms with van der Waals surface area (Å²) in [7, 11) is 1.72. The number of benzene rings is 1. The van der Waals surface area contributed by atoms with Gasteiger partial charge in [-0.3, -0.25) is 4.98 Å². The fourth-order valence-electron chi connectivity index (χ4n) is 2.09. The number of hydrogen-bond acceptors (Lipinski definition) is 3. The van der Waals surface area contributed by atoms with Crippen LogP contribution >= 0.6 is 0 Å². The van der Waals surface area contributed by atoms with Crippen LogP contribution in [0.2, 0.25) is 0 Å². The number of methoxy groups -OCH3 is 1. The van der Waals surface area contributed by atoms with Crippen LogP contribution in [0.4, 0.5) is 0 Å². The number of aryl methyl sites for hydroxylation is 1. The predicted octanol–water partition coefficient (Wildman–Crippen LogP) is 2.97. The van der Waals surface area contributed by atoms with Gasteiger partial charge < -0.3 is 10.5 Å². The van der Waals surface area contributed by atoms with Gasteiger partial charge in [-0.15, -0.1) is 0 Å². The summed E-state index contributed by atoms with van der Waals surface area (Å²) in [5.41, 5.74) is 9.42. The van der Waals surface area contributed by atoms with Crippen molar-refractivity contribution >= 4 is 10.9 Å². The maximum atomic E-state index is 6.18. The Bertz CT molecular complexity index is 525. The van der Waals surface area contributed by atoms with Crippen molar-refractivity contribution < 1.29 is 4.74 Å². The summed E-state index contributed by atoms with van der Waals surface area (Å²) in [4.78, 5) is 4.49. The normalized spacial score (nSPS) is 12.8. The topological polar surface area (TPSA) is 48.1 Å². The minimum Gasteiger partial charge on any atom is -0.385 e. The van der Waals surface area contributed by atoms with Gasteiger partial charge in [-0.25, -0.2) is 0 Å². The van der Waals surface area contributed by atoms with Crippen molar-refractivity contribution in [3.8, 4) is 0 Å². The van der Waals surface area contributed by atoms with Gasteiger partial charge >= 0.3 is 0 Å². The maximum Gasteiger partial charge on any atom is 0.0705 e. The molecule has 0 bridgehead atoms. The standard InChI is InChI=1S/C15H20N2O/c1-11-5-6-13-10-12(7-8-15(13)17-11)14(16)4-3-9-18-2/h5-8,10,14H,3-4,9,16H2,1-2H3. The van der Waals surface area contributed by atoms with Crippen molar-refractivity contribution in [2.75, 3.05) is 13.7 Å². The van der Waals surface area contributed by atoms with Gasteiger partial charge in [-0.05, 0) is 43.5 Å². The average molecular weight is 244 g/mol. The minimum absolute atomic E-state index is 0.0749. The molecule has 1 aromatic heterocycles. The molecule has 18 heavy (non-hydrogen) atoms. The lowest BCUT2D eigenvalue weighted by Gasteiger charge is -2.12. The van der Waals surface area contributed by atoms with Crippen LogP contribution in [0, 0.1) is 6.92 Å². The van der Waals surface area contributed by atoms with E-state index in [1.165, 1.54) is 5.56 Å². The summed E-state index contributed by atoms with van der Waals surface area (Å²) in [6.45, 7) is 2.77. The van der Waals surface area contributed by atoms with E-state index in [1.807, 2.05) is 19.1 Å². The summed E-state index contributed by atoms with van der Waals surface area (Å²) >= 11 is 0. The number of pyridine rings is 1. The molecule has 0 radical (unpaired) electrons. The van der Waals surface area contributed by atoms with Crippen LogP contribution in [0.25, 0.3) is 10.9 Å². The van der Waals surface area contributed by atoms with E-state index in [4.69, 9.17) is 10.5 Å². The number of ether oxygens (including phenoxy) is 1. The Morgan fingerprint density at radius 3 is 2.89 bits per heavy atom. The van der Waals surface area contributed by atoms with Crippen LogP contribution in [0.15, 0.2) is 30.3 Å². The van der Waals surface area contributed by atoms with Crippen molar-refractivity contribution in [3.63, 3.8) is 0 Å². The first-order chi connectivity index (χ1) is 8.70. The van der Waals surface area contributed by atoms with Gasteiger partial charge in [0.15, 0.2) is 0 Å². The van der Waals surface area contributed by atoms with Gasteiger partial charge in [0.1, 0.15) is 0 Å². The van der Waals surface area contributed by atoms with E-state index < -0.39 is 0 Å². The number of hydrogen-bond donors (Lipinski definition) is 1. The van der Waals surface area contributed by atoms with E-state index in [2.05, 4.69) is 23.2 Å². The van der Waals surface area contributed by atoms with E-state index in [0.29, 0.717) is 0 Å². The molecule has 2 rings (SSSR count). The Morgan fingerprint density at radius 2 is 2.11 bits per heavy atom. The molecule has 0 aliphatic carbocycles. The molecule has 0 fully saturated rings. The zero-order valence-electron chi connectivity index (χ0n) is 11.0. The number of aromatic nitrogens is 1. The van der Waals surface area contributed by atoms with Crippen molar-refractivity contribution in [2.45, 2.75) is 25.8 Å². The molecule has 1 unspecified atom stereocenters. The summed E-state index contributed by atoms with van der Waals surface area (Å²) in [6.07, 6.45) is 1.93. The molecule has 3 nitrogen and oxygen atoms in total. The van der Waals surface area contributed by atoms with E-state index in [0.717, 1.165) is 36.0 Å². The van der Waals surface area contributed by atoms with E-state index in [9.17, 15) is 0 Å². The van der Waals surface area contributed by atoms with Gasteiger partial charge in [0.05, 0.1) is 5.52 Å². The van der Waals surface area contributed by atoms with Gasteiger partial charge in [0, 0.05) is 30.8 Å². The average Bonchev–Trinajstić information content (AvgIpc) is 2.38.